The fourth-order valence-electron chi connectivity index (χ4n) is 4.48. The minimum atomic E-state index is -1.73. The van der Waals surface area contributed by atoms with Crippen LogP contribution in [0.3, 0.4) is 0 Å². The molecule has 0 radical (unpaired) electrons. The van der Waals surface area contributed by atoms with Gasteiger partial charge in [0.25, 0.3) is 11.8 Å². The number of thioether (sulfide) groups is 1. The number of ether oxygens (including phenoxy) is 3. The van der Waals surface area contributed by atoms with Crippen LogP contribution < -0.4 is 30.2 Å². The van der Waals surface area contributed by atoms with Crippen LogP contribution in [0.1, 0.15) is 29.3 Å². The van der Waals surface area contributed by atoms with Gasteiger partial charge in [-0.3, -0.25) is 14.4 Å². The van der Waals surface area contributed by atoms with E-state index in [4.69, 9.17) is 14.2 Å². The van der Waals surface area contributed by atoms with E-state index < -0.39 is 51.9 Å². The Morgan fingerprint density at radius 3 is 2.02 bits per heavy atom. The zero-order valence-electron chi connectivity index (χ0n) is 26.7. The predicted molar refractivity (Wildman–Crippen MR) is 178 cm³/mol. The molecular formula is C35H31F4N3O6S. The number of halogens is 4. The van der Waals surface area contributed by atoms with Crippen molar-refractivity contribution in [3.05, 3.63) is 113 Å². The van der Waals surface area contributed by atoms with E-state index in [9.17, 15) is 31.9 Å². The largest absolute Gasteiger partial charge is 0.496 e. The number of benzene rings is 4. The van der Waals surface area contributed by atoms with Crippen molar-refractivity contribution in [2.24, 2.45) is 0 Å². The smallest absolute Gasteiger partial charge is 0.272 e. The molecule has 3 amide bonds. The Kier molecular flexibility index (Phi) is 12.3. The van der Waals surface area contributed by atoms with Crippen molar-refractivity contribution in [1.82, 2.24) is 5.32 Å². The highest BCUT2D eigenvalue weighted by Crippen LogP contribution is 2.36. The van der Waals surface area contributed by atoms with Crippen molar-refractivity contribution in [2.45, 2.75) is 23.5 Å². The van der Waals surface area contributed by atoms with Gasteiger partial charge in [-0.1, -0.05) is 31.2 Å². The van der Waals surface area contributed by atoms with E-state index in [2.05, 4.69) is 10.6 Å². The Bertz CT molecular complexity index is 1870. The van der Waals surface area contributed by atoms with E-state index in [1.165, 1.54) is 33.5 Å². The van der Waals surface area contributed by atoms with Crippen LogP contribution in [-0.4, -0.2) is 44.3 Å². The molecule has 4 aromatic carbocycles. The molecular weight excluding hydrogens is 666 g/mol. The zero-order valence-corrected chi connectivity index (χ0v) is 27.5. The predicted octanol–water partition coefficient (Wildman–Crippen LogP) is 7.19. The van der Waals surface area contributed by atoms with Gasteiger partial charge in [0.15, 0.2) is 34.8 Å². The molecule has 0 saturated heterocycles. The Morgan fingerprint density at radius 2 is 1.41 bits per heavy atom. The van der Waals surface area contributed by atoms with Crippen LogP contribution in [0.4, 0.5) is 28.9 Å². The van der Waals surface area contributed by atoms with E-state index in [-0.39, 0.29) is 23.9 Å². The van der Waals surface area contributed by atoms with E-state index in [0.717, 1.165) is 11.8 Å². The standard InChI is InChI=1S/C35H31F4N3O6S/c1-5-29(35(45)42-32-30(38)23(36)17-24(37)31(32)39)49-22-13-9-12-21(16-22)40-34(44)25(41-33(43)19-10-7-6-8-11-19)14-20-15-27(47-3)28(48-4)18-26(20)46-2/h6-18,29H,5H2,1-4H3,(H,40,44)(H,41,43)(H,42,45)/b25-14+. The Hall–Kier alpha value is -5.50. The average molecular weight is 698 g/mol. The first-order chi connectivity index (χ1) is 23.5. The minimum Gasteiger partial charge on any atom is -0.496 e. The molecule has 4 aromatic rings. The van der Waals surface area contributed by atoms with E-state index in [1.807, 2.05) is 5.32 Å². The molecule has 1 unspecified atom stereocenters. The molecule has 0 aliphatic carbocycles. The first kappa shape index (κ1) is 36.3. The molecule has 4 rings (SSSR count). The lowest BCUT2D eigenvalue weighted by molar-refractivity contribution is -0.116. The summed E-state index contributed by atoms with van der Waals surface area (Å²) in [6, 6.07) is 17.7. The van der Waals surface area contributed by atoms with Gasteiger partial charge in [-0.25, -0.2) is 17.6 Å². The van der Waals surface area contributed by atoms with Gasteiger partial charge >= 0.3 is 0 Å². The van der Waals surface area contributed by atoms with Crippen LogP contribution in [0.25, 0.3) is 6.08 Å². The summed E-state index contributed by atoms with van der Waals surface area (Å²) in [5, 5.41) is 6.35. The van der Waals surface area contributed by atoms with Gasteiger partial charge in [-0.2, -0.15) is 0 Å². The Labute approximate surface area is 283 Å². The summed E-state index contributed by atoms with van der Waals surface area (Å²) in [6.07, 6.45) is 1.57. The quantitative estimate of drug-likeness (QED) is 0.0587. The molecule has 0 bridgehead atoms. The second-order valence-corrected chi connectivity index (χ2v) is 11.4. The van der Waals surface area contributed by atoms with Gasteiger partial charge in [-0.15, -0.1) is 11.8 Å². The number of hydrogen-bond acceptors (Lipinski definition) is 7. The van der Waals surface area contributed by atoms with Crippen LogP contribution in [0.5, 0.6) is 17.2 Å². The maximum absolute atomic E-state index is 14.2. The molecule has 49 heavy (non-hydrogen) atoms. The SMILES string of the molecule is CCC(Sc1cccc(NC(=O)/C(=C\c2cc(OC)c(OC)cc2OC)NC(=O)c2ccccc2)c1)C(=O)Nc1c(F)c(F)cc(F)c1F. The summed E-state index contributed by atoms with van der Waals surface area (Å²) in [4.78, 5) is 40.2. The van der Waals surface area contributed by atoms with Crippen LogP contribution in [0.15, 0.2) is 83.4 Å². The van der Waals surface area contributed by atoms with Gasteiger partial charge in [0, 0.05) is 33.8 Å². The van der Waals surface area contributed by atoms with E-state index in [0.29, 0.717) is 33.3 Å². The maximum Gasteiger partial charge on any atom is 0.272 e. The molecule has 14 heteroatoms. The molecule has 9 nitrogen and oxygen atoms in total. The summed E-state index contributed by atoms with van der Waals surface area (Å²) in [5.41, 5.74) is -0.442. The summed E-state index contributed by atoms with van der Waals surface area (Å²) in [5.74, 6) is -7.91. The number of carbonyl (C=O) groups excluding carboxylic acids is 3. The van der Waals surface area contributed by atoms with Gasteiger partial charge in [0.05, 0.1) is 26.6 Å². The molecule has 256 valence electrons. The number of amides is 3. The normalized spacial score (nSPS) is 11.7. The third-order valence-corrected chi connectivity index (χ3v) is 8.32. The summed E-state index contributed by atoms with van der Waals surface area (Å²) in [7, 11) is 4.33. The fraction of sp³-hybridized carbons (Fsp3) is 0.171. The lowest BCUT2D eigenvalue weighted by Crippen LogP contribution is -2.30. The van der Waals surface area contributed by atoms with Crippen LogP contribution in [-0.2, 0) is 9.59 Å². The Balaban J connectivity index is 1.60. The van der Waals surface area contributed by atoms with E-state index >= 15 is 0 Å². The first-order valence-electron chi connectivity index (χ1n) is 14.6. The number of methoxy groups -OCH3 is 3. The molecule has 1 atom stereocenters. The minimum absolute atomic E-state index is 0.0458. The zero-order chi connectivity index (χ0) is 35.7. The highest BCUT2D eigenvalue weighted by atomic mass is 32.2. The van der Waals surface area contributed by atoms with Crippen molar-refractivity contribution < 1.29 is 46.2 Å². The highest BCUT2D eigenvalue weighted by Gasteiger charge is 2.25. The van der Waals surface area contributed by atoms with Crippen LogP contribution in [0.2, 0.25) is 0 Å². The average Bonchev–Trinajstić information content (AvgIpc) is 3.11. The summed E-state index contributed by atoms with van der Waals surface area (Å²) >= 11 is 0.986. The fourth-order valence-corrected chi connectivity index (χ4v) is 5.50. The van der Waals surface area contributed by atoms with Crippen LogP contribution in [0, 0.1) is 23.3 Å². The van der Waals surface area contributed by atoms with Crippen molar-refractivity contribution >= 4 is 46.9 Å². The molecule has 3 N–H and O–H groups in total. The monoisotopic (exact) mass is 697 g/mol. The molecule has 0 aliphatic rings. The number of anilines is 2. The third kappa shape index (κ3) is 8.90. The van der Waals surface area contributed by atoms with Crippen molar-refractivity contribution in [3.8, 4) is 17.2 Å². The van der Waals surface area contributed by atoms with Gasteiger partial charge < -0.3 is 30.2 Å². The van der Waals surface area contributed by atoms with Crippen molar-refractivity contribution in [1.29, 1.82) is 0 Å². The summed E-state index contributed by atoms with van der Waals surface area (Å²) in [6.45, 7) is 1.64. The van der Waals surface area contributed by atoms with Crippen LogP contribution >= 0.6 is 11.8 Å². The molecule has 0 fully saturated rings. The van der Waals surface area contributed by atoms with Gasteiger partial charge in [0.1, 0.15) is 17.1 Å². The molecule has 0 saturated carbocycles. The second kappa shape index (κ2) is 16.6. The molecule has 0 heterocycles. The Morgan fingerprint density at radius 1 is 0.776 bits per heavy atom. The molecule has 0 aliphatic heterocycles. The highest BCUT2D eigenvalue weighted by molar-refractivity contribution is 8.00. The number of carbonyl (C=O) groups is 3. The van der Waals surface area contributed by atoms with Crippen molar-refractivity contribution in [3.63, 3.8) is 0 Å². The van der Waals surface area contributed by atoms with Crippen molar-refractivity contribution in [2.75, 3.05) is 32.0 Å². The number of hydrogen-bond donors (Lipinski definition) is 3. The lowest BCUT2D eigenvalue weighted by atomic mass is 10.1. The lowest BCUT2D eigenvalue weighted by Gasteiger charge is -2.17. The summed E-state index contributed by atoms with van der Waals surface area (Å²) < 4.78 is 71.9. The van der Waals surface area contributed by atoms with E-state index in [1.54, 1.807) is 67.6 Å². The van der Waals surface area contributed by atoms with Gasteiger partial charge in [-0.05, 0) is 48.9 Å². The van der Waals surface area contributed by atoms with Gasteiger partial charge in [0.2, 0.25) is 5.91 Å². The number of nitrogens with one attached hydrogen (secondary N) is 3. The number of rotatable bonds is 13. The second-order valence-electron chi connectivity index (χ2n) is 10.2. The molecule has 0 aromatic heterocycles. The molecule has 0 spiro atoms. The third-order valence-electron chi connectivity index (χ3n) is 6.96. The topological polar surface area (TPSA) is 115 Å². The first-order valence-corrected chi connectivity index (χ1v) is 15.5. The maximum atomic E-state index is 14.2.